The fraction of sp³-hybridized carbons (Fsp3) is 0.857. The van der Waals surface area contributed by atoms with Crippen molar-refractivity contribution in [3.63, 3.8) is 0 Å². The van der Waals surface area contributed by atoms with Gasteiger partial charge >= 0.3 is 5.97 Å². The molecule has 0 saturated carbocycles. The summed E-state index contributed by atoms with van der Waals surface area (Å²) >= 11 is 0. The molecule has 0 radical (unpaired) electrons. The molecule has 0 aliphatic rings. The van der Waals surface area contributed by atoms with Crippen molar-refractivity contribution in [2.24, 2.45) is 17.6 Å². The maximum atomic E-state index is 11.7. The molecule has 0 bridgehead atoms. The molecular weight excluding hydrogens is 308 g/mol. The van der Waals surface area contributed by atoms with Crippen LogP contribution < -0.4 is 11.1 Å². The Morgan fingerprint density at radius 3 is 2.17 bits per heavy atom. The molecule has 0 aliphatic heterocycles. The van der Waals surface area contributed by atoms with Gasteiger partial charge in [-0.15, -0.1) is 0 Å². The number of hydrogen-bond acceptors (Lipinski definition) is 7. The molecule has 9 nitrogen and oxygen atoms in total. The van der Waals surface area contributed by atoms with Gasteiger partial charge in [0.05, 0.1) is 6.10 Å². The molecule has 9 heteroatoms. The van der Waals surface area contributed by atoms with Gasteiger partial charge in [-0.05, 0) is 25.2 Å². The number of carbonyl (C=O) groups is 2. The van der Waals surface area contributed by atoms with Crippen LogP contribution in [0.3, 0.4) is 0 Å². The number of amides is 1. The number of rotatable bonds is 10. The molecule has 5 atom stereocenters. The topological polar surface area (TPSA) is 173 Å². The Kier molecular flexibility index (Phi) is 8.64. The fourth-order valence-corrected chi connectivity index (χ4v) is 2.14. The molecule has 0 aromatic rings. The lowest BCUT2D eigenvalue weighted by molar-refractivity contribution is -0.197. The van der Waals surface area contributed by atoms with E-state index in [1.807, 2.05) is 5.32 Å². The fourth-order valence-electron chi connectivity index (χ4n) is 2.14. The summed E-state index contributed by atoms with van der Waals surface area (Å²) in [4.78, 5) is 22.3. The van der Waals surface area contributed by atoms with Gasteiger partial charge in [0.25, 0.3) is 5.91 Å². The minimum atomic E-state index is -2.94. The molecule has 136 valence electrons. The number of aliphatic carboxylic acids is 1. The molecule has 0 aliphatic carbocycles. The number of carboxylic acids is 1. The highest BCUT2D eigenvalue weighted by atomic mass is 16.5. The molecular formula is C14H28N2O7. The van der Waals surface area contributed by atoms with Crippen molar-refractivity contribution in [3.05, 3.63) is 0 Å². The smallest absolute Gasteiger partial charge is 0.325 e. The van der Waals surface area contributed by atoms with Gasteiger partial charge in [-0.3, -0.25) is 9.59 Å². The van der Waals surface area contributed by atoms with Gasteiger partial charge in [0.15, 0.2) is 0 Å². The van der Waals surface area contributed by atoms with Crippen molar-refractivity contribution in [1.29, 1.82) is 0 Å². The lowest BCUT2D eigenvalue weighted by atomic mass is 9.87. The first-order chi connectivity index (χ1) is 10.4. The molecule has 5 unspecified atom stereocenters. The van der Waals surface area contributed by atoms with E-state index in [1.54, 1.807) is 13.8 Å². The van der Waals surface area contributed by atoms with Crippen molar-refractivity contribution >= 4 is 11.9 Å². The standard InChI is InChI=1S/C14H28N2O7/c1-7(6-17)4-8(2)11(15)10(18)5-14(22,23)13(21)16-9(3)12(19)20/h7-11,17-18,22-23H,4-6,15H2,1-3H3,(H,16,21)(H,19,20). The van der Waals surface area contributed by atoms with E-state index in [0.717, 1.165) is 6.92 Å². The van der Waals surface area contributed by atoms with Crippen LogP contribution in [0.15, 0.2) is 0 Å². The Balaban J connectivity index is 4.68. The van der Waals surface area contributed by atoms with Crippen molar-refractivity contribution in [2.75, 3.05) is 6.61 Å². The Morgan fingerprint density at radius 1 is 1.22 bits per heavy atom. The molecule has 0 aromatic carbocycles. The average Bonchev–Trinajstić information content (AvgIpc) is 2.45. The van der Waals surface area contributed by atoms with Crippen LogP contribution in [0.5, 0.6) is 0 Å². The van der Waals surface area contributed by atoms with Gasteiger partial charge in [0.2, 0.25) is 5.79 Å². The zero-order valence-electron chi connectivity index (χ0n) is 13.6. The number of carboxylic acid groups (broad SMARTS) is 1. The third-order valence-electron chi connectivity index (χ3n) is 3.76. The number of nitrogens with two attached hydrogens (primary N) is 1. The third kappa shape index (κ3) is 7.23. The van der Waals surface area contributed by atoms with Crippen LogP contribution in [0.1, 0.15) is 33.6 Å². The van der Waals surface area contributed by atoms with Gasteiger partial charge in [-0.1, -0.05) is 13.8 Å². The first-order valence-corrected chi connectivity index (χ1v) is 7.45. The SMILES string of the molecule is CC(CO)CC(C)C(N)C(O)CC(O)(O)C(=O)NC(C)C(=O)O. The van der Waals surface area contributed by atoms with Crippen molar-refractivity contribution in [1.82, 2.24) is 5.32 Å². The van der Waals surface area contributed by atoms with E-state index in [-0.39, 0.29) is 18.4 Å². The summed E-state index contributed by atoms with van der Waals surface area (Å²) in [5.41, 5.74) is 5.84. The predicted molar refractivity (Wildman–Crippen MR) is 81.0 cm³/mol. The zero-order valence-corrected chi connectivity index (χ0v) is 13.6. The number of hydrogen-bond donors (Lipinski definition) is 7. The first kappa shape index (κ1) is 21.7. The van der Waals surface area contributed by atoms with E-state index in [1.165, 1.54) is 0 Å². The molecule has 8 N–H and O–H groups in total. The van der Waals surface area contributed by atoms with Crippen LogP contribution in [0.4, 0.5) is 0 Å². The summed E-state index contributed by atoms with van der Waals surface area (Å²) in [6.07, 6.45) is -1.64. The summed E-state index contributed by atoms with van der Waals surface area (Å²) in [6.45, 7) is 4.67. The van der Waals surface area contributed by atoms with Crippen LogP contribution in [0.2, 0.25) is 0 Å². The van der Waals surface area contributed by atoms with E-state index in [0.29, 0.717) is 6.42 Å². The molecule has 0 aromatic heterocycles. The number of aliphatic hydroxyl groups excluding tert-OH is 2. The minimum absolute atomic E-state index is 0.0315. The maximum absolute atomic E-state index is 11.7. The van der Waals surface area contributed by atoms with Crippen LogP contribution in [0.25, 0.3) is 0 Å². The quantitative estimate of drug-likeness (QED) is 0.224. The molecule has 0 rings (SSSR count). The van der Waals surface area contributed by atoms with Gasteiger partial charge in [0, 0.05) is 19.1 Å². The Morgan fingerprint density at radius 2 is 1.74 bits per heavy atom. The minimum Gasteiger partial charge on any atom is -0.480 e. The lowest BCUT2D eigenvalue weighted by Gasteiger charge is -2.30. The van der Waals surface area contributed by atoms with Gasteiger partial charge < -0.3 is 36.6 Å². The predicted octanol–water partition coefficient (Wildman–Crippen LogP) is -2.01. The van der Waals surface area contributed by atoms with Crippen molar-refractivity contribution in [3.8, 4) is 0 Å². The molecule has 0 fully saturated rings. The largest absolute Gasteiger partial charge is 0.480 e. The molecule has 0 spiro atoms. The Hall–Kier alpha value is -1.26. The van der Waals surface area contributed by atoms with Crippen LogP contribution in [0, 0.1) is 11.8 Å². The summed E-state index contributed by atoms with van der Waals surface area (Å²) in [7, 11) is 0. The van der Waals surface area contributed by atoms with E-state index < -0.39 is 42.3 Å². The summed E-state index contributed by atoms with van der Waals surface area (Å²) in [6, 6.07) is -2.15. The van der Waals surface area contributed by atoms with Crippen LogP contribution in [-0.2, 0) is 9.59 Å². The maximum Gasteiger partial charge on any atom is 0.325 e. The normalized spacial score (nSPS) is 18.6. The molecule has 23 heavy (non-hydrogen) atoms. The van der Waals surface area contributed by atoms with Gasteiger partial charge in [-0.25, -0.2) is 0 Å². The monoisotopic (exact) mass is 336 g/mol. The number of aliphatic hydroxyl groups is 4. The van der Waals surface area contributed by atoms with E-state index in [4.69, 9.17) is 15.9 Å². The second-order valence-electron chi connectivity index (χ2n) is 6.20. The van der Waals surface area contributed by atoms with E-state index in [2.05, 4.69) is 0 Å². The van der Waals surface area contributed by atoms with Crippen molar-refractivity contribution < 1.29 is 35.1 Å². The summed E-state index contributed by atoms with van der Waals surface area (Å²) in [5.74, 6) is -5.86. The Bertz CT molecular complexity index is 403. The zero-order chi connectivity index (χ0) is 18.4. The molecule has 0 heterocycles. The van der Waals surface area contributed by atoms with E-state index in [9.17, 15) is 24.9 Å². The van der Waals surface area contributed by atoms with Crippen molar-refractivity contribution in [2.45, 2.75) is 57.6 Å². The highest BCUT2D eigenvalue weighted by Crippen LogP contribution is 2.20. The summed E-state index contributed by atoms with van der Waals surface area (Å²) < 4.78 is 0. The molecule has 0 saturated heterocycles. The number of carbonyl (C=O) groups excluding carboxylic acids is 1. The third-order valence-corrected chi connectivity index (χ3v) is 3.76. The van der Waals surface area contributed by atoms with Gasteiger partial charge in [-0.2, -0.15) is 0 Å². The highest BCUT2D eigenvalue weighted by Gasteiger charge is 2.39. The van der Waals surface area contributed by atoms with Crippen LogP contribution >= 0.6 is 0 Å². The second-order valence-corrected chi connectivity index (χ2v) is 6.20. The lowest BCUT2D eigenvalue weighted by Crippen LogP contribution is -2.55. The van der Waals surface area contributed by atoms with E-state index >= 15 is 0 Å². The Labute approximate surface area is 135 Å². The number of nitrogens with one attached hydrogen (secondary N) is 1. The first-order valence-electron chi connectivity index (χ1n) is 7.45. The van der Waals surface area contributed by atoms with Gasteiger partial charge in [0.1, 0.15) is 6.04 Å². The second kappa shape index (κ2) is 9.14. The van der Waals surface area contributed by atoms with Crippen LogP contribution in [-0.4, -0.2) is 68.0 Å². The average molecular weight is 336 g/mol. The highest BCUT2D eigenvalue weighted by molar-refractivity contribution is 5.87. The molecule has 1 amide bonds. The summed E-state index contributed by atoms with van der Waals surface area (Å²) in [5, 5.41) is 49.1.